The predicted molar refractivity (Wildman–Crippen MR) is 130 cm³/mol. The summed E-state index contributed by atoms with van der Waals surface area (Å²) in [5.74, 6) is 1.26. The van der Waals surface area contributed by atoms with Crippen molar-refractivity contribution in [2.75, 3.05) is 26.2 Å². The van der Waals surface area contributed by atoms with Gasteiger partial charge in [0.15, 0.2) is 6.61 Å². The van der Waals surface area contributed by atoms with E-state index in [-0.39, 0.29) is 24.3 Å². The van der Waals surface area contributed by atoms with Gasteiger partial charge in [0.2, 0.25) is 0 Å². The molecule has 7 nitrogen and oxygen atoms in total. The number of benzene rings is 2. The van der Waals surface area contributed by atoms with Crippen LogP contribution in [0.4, 0.5) is 0 Å². The first kappa shape index (κ1) is 23.4. The molecular formula is C27H30N4O3. The Morgan fingerprint density at radius 3 is 2.41 bits per heavy atom. The molecule has 2 aromatic carbocycles. The lowest BCUT2D eigenvalue weighted by atomic mass is 9.90. The van der Waals surface area contributed by atoms with Gasteiger partial charge in [-0.05, 0) is 43.9 Å². The fraction of sp³-hybridized carbons (Fsp3) is 0.333. The number of carbonyl (C=O) groups is 2. The molecular weight excluding hydrogens is 428 g/mol. The van der Waals surface area contributed by atoms with Gasteiger partial charge in [0.05, 0.1) is 11.3 Å². The van der Waals surface area contributed by atoms with Crippen LogP contribution >= 0.6 is 0 Å². The minimum atomic E-state index is -0.152. The van der Waals surface area contributed by atoms with Crippen LogP contribution in [0.5, 0.6) is 5.75 Å². The maximum Gasteiger partial charge on any atom is 0.260 e. The number of hydrogen-bond acceptors (Lipinski definition) is 5. The van der Waals surface area contributed by atoms with Crippen LogP contribution in [-0.2, 0) is 11.2 Å². The number of rotatable bonds is 8. The number of para-hydroxylation sites is 1. The fourth-order valence-electron chi connectivity index (χ4n) is 4.19. The van der Waals surface area contributed by atoms with Crippen molar-refractivity contribution in [1.82, 2.24) is 20.2 Å². The molecule has 0 spiro atoms. The molecule has 2 heterocycles. The Labute approximate surface area is 200 Å². The molecule has 2 amide bonds. The van der Waals surface area contributed by atoms with Crippen LogP contribution < -0.4 is 10.1 Å². The molecule has 3 aromatic rings. The predicted octanol–water partition coefficient (Wildman–Crippen LogP) is 3.54. The number of amides is 2. The summed E-state index contributed by atoms with van der Waals surface area (Å²) < 4.78 is 5.60. The summed E-state index contributed by atoms with van der Waals surface area (Å²) in [6.45, 7) is 3.63. The van der Waals surface area contributed by atoms with Gasteiger partial charge in [-0.15, -0.1) is 0 Å². The number of aromatic nitrogens is 2. The highest BCUT2D eigenvalue weighted by atomic mass is 16.5. The molecule has 34 heavy (non-hydrogen) atoms. The number of nitrogens with one attached hydrogen (secondary N) is 1. The molecule has 1 aliphatic rings. The summed E-state index contributed by atoms with van der Waals surface area (Å²) in [6, 6.07) is 19.4. The summed E-state index contributed by atoms with van der Waals surface area (Å²) in [4.78, 5) is 36.2. The van der Waals surface area contributed by atoms with E-state index in [2.05, 4.69) is 15.3 Å². The number of likely N-dealkylation sites (tertiary alicyclic amines) is 1. The van der Waals surface area contributed by atoms with Gasteiger partial charge < -0.3 is 15.0 Å². The maximum atomic E-state index is 12.9. The molecule has 0 saturated carbocycles. The summed E-state index contributed by atoms with van der Waals surface area (Å²) in [5, 5.41) is 3.01. The monoisotopic (exact) mass is 458 g/mol. The van der Waals surface area contributed by atoms with Gasteiger partial charge in [0.25, 0.3) is 11.8 Å². The van der Waals surface area contributed by atoms with E-state index in [9.17, 15) is 9.59 Å². The van der Waals surface area contributed by atoms with Crippen LogP contribution in [0.1, 0.15) is 46.2 Å². The smallest absolute Gasteiger partial charge is 0.260 e. The second-order valence-electron chi connectivity index (χ2n) is 8.46. The average Bonchev–Trinajstić information content (AvgIpc) is 2.88. The second kappa shape index (κ2) is 11.4. The molecule has 1 fully saturated rings. The summed E-state index contributed by atoms with van der Waals surface area (Å²) in [6.07, 6.45) is 3.89. The Balaban J connectivity index is 1.32. The third-order valence-corrected chi connectivity index (χ3v) is 6.07. The molecule has 1 N–H and O–H groups in total. The largest absolute Gasteiger partial charge is 0.484 e. The van der Waals surface area contributed by atoms with Crippen molar-refractivity contribution in [3.63, 3.8) is 0 Å². The van der Waals surface area contributed by atoms with E-state index in [0.717, 1.165) is 25.0 Å². The summed E-state index contributed by atoms with van der Waals surface area (Å²) in [7, 11) is 0. The van der Waals surface area contributed by atoms with Gasteiger partial charge in [-0.1, -0.05) is 48.5 Å². The van der Waals surface area contributed by atoms with E-state index in [1.807, 2.05) is 72.5 Å². The summed E-state index contributed by atoms with van der Waals surface area (Å²) in [5.41, 5.74) is 2.48. The van der Waals surface area contributed by atoms with Crippen LogP contribution in [0, 0.1) is 6.92 Å². The highest BCUT2D eigenvalue weighted by Crippen LogP contribution is 2.29. The lowest BCUT2D eigenvalue weighted by Gasteiger charge is -2.32. The average molecular weight is 459 g/mol. The number of hydrogen-bond donors (Lipinski definition) is 1. The number of aryl methyl sites for hydroxylation is 1. The zero-order chi connectivity index (χ0) is 23.8. The quantitative estimate of drug-likeness (QED) is 0.558. The molecule has 1 aromatic heterocycles. The third kappa shape index (κ3) is 6.19. The Bertz CT molecular complexity index is 1100. The SMILES string of the molecule is Cc1ncc(C(=O)NCCc2ccccc2)c(C2CCN(C(=O)COc3ccccc3)CC2)n1. The van der Waals surface area contributed by atoms with Crippen molar-refractivity contribution in [1.29, 1.82) is 0 Å². The first-order valence-corrected chi connectivity index (χ1v) is 11.7. The van der Waals surface area contributed by atoms with Gasteiger partial charge in [0.1, 0.15) is 11.6 Å². The Morgan fingerprint density at radius 2 is 1.71 bits per heavy atom. The van der Waals surface area contributed by atoms with E-state index in [0.29, 0.717) is 36.8 Å². The maximum absolute atomic E-state index is 12.9. The van der Waals surface area contributed by atoms with E-state index < -0.39 is 0 Å². The fourth-order valence-corrected chi connectivity index (χ4v) is 4.19. The van der Waals surface area contributed by atoms with Crippen LogP contribution in [0.25, 0.3) is 0 Å². The minimum absolute atomic E-state index is 0.0242. The number of piperidine rings is 1. The molecule has 176 valence electrons. The molecule has 7 heteroatoms. The zero-order valence-corrected chi connectivity index (χ0v) is 19.4. The van der Waals surface area contributed by atoms with Gasteiger partial charge in [0, 0.05) is 31.7 Å². The Kier molecular flexibility index (Phi) is 7.86. The van der Waals surface area contributed by atoms with E-state index >= 15 is 0 Å². The van der Waals surface area contributed by atoms with Crippen molar-refractivity contribution >= 4 is 11.8 Å². The van der Waals surface area contributed by atoms with Crippen molar-refractivity contribution in [2.45, 2.75) is 32.1 Å². The van der Waals surface area contributed by atoms with Gasteiger partial charge in [-0.2, -0.15) is 0 Å². The van der Waals surface area contributed by atoms with Crippen LogP contribution in [0.3, 0.4) is 0 Å². The third-order valence-electron chi connectivity index (χ3n) is 6.07. The standard InChI is InChI=1S/C27H30N4O3/c1-20-29-18-24(27(33)28-15-12-21-8-4-2-5-9-21)26(30-20)22-13-16-31(17-14-22)25(32)19-34-23-10-6-3-7-11-23/h2-11,18,22H,12-17,19H2,1H3,(H,28,33). The molecule has 0 aliphatic carbocycles. The highest BCUT2D eigenvalue weighted by molar-refractivity contribution is 5.95. The van der Waals surface area contributed by atoms with Crippen molar-refractivity contribution in [3.8, 4) is 5.75 Å². The molecule has 0 bridgehead atoms. The Morgan fingerprint density at radius 1 is 1.03 bits per heavy atom. The molecule has 0 atom stereocenters. The topological polar surface area (TPSA) is 84.4 Å². The van der Waals surface area contributed by atoms with Gasteiger partial charge in [-0.25, -0.2) is 9.97 Å². The number of nitrogens with zero attached hydrogens (tertiary/aromatic N) is 3. The first-order valence-electron chi connectivity index (χ1n) is 11.7. The number of ether oxygens (including phenoxy) is 1. The van der Waals surface area contributed by atoms with E-state index in [1.165, 1.54) is 5.56 Å². The van der Waals surface area contributed by atoms with Crippen molar-refractivity contribution < 1.29 is 14.3 Å². The van der Waals surface area contributed by atoms with Crippen LogP contribution in [-0.4, -0.2) is 52.9 Å². The Hall–Kier alpha value is -3.74. The normalized spacial score (nSPS) is 14.0. The molecule has 1 aliphatic heterocycles. The van der Waals surface area contributed by atoms with Crippen LogP contribution in [0.15, 0.2) is 66.9 Å². The lowest BCUT2D eigenvalue weighted by molar-refractivity contribution is -0.134. The molecule has 4 rings (SSSR count). The molecule has 0 radical (unpaired) electrons. The van der Waals surface area contributed by atoms with Crippen molar-refractivity contribution in [2.24, 2.45) is 0 Å². The highest BCUT2D eigenvalue weighted by Gasteiger charge is 2.28. The first-order chi connectivity index (χ1) is 16.6. The van der Waals surface area contributed by atoms with Crippen molar-refractivity contribution in [3.05, 3.63) is 89.5 Å². The van der Waals surface area contributed by atoms with E-state index in [1.54, 1.807) is 6.20 Å². The molecule has 1 saturated heterocycles. The minimum Gasteiger partial charge on any atom is -0.484 e. The van der Waals surface area contributed by atoms with Crippen LogP contribution in [0.2, 0.25) is 0 Å². The van der Waals surface area contributed by atoms with Gasteiger partial charge >= 0.3 is 0 Å². The second-order valence-corrected chi connectivity index (χ2v) is 8.46. The van der Waals surface area contributed by atoms with E-state index in [4.69, 9.17) is 4.74 Å². The summed E-state index contributed by atoms with van der Waals surface area (Å²) >= 11 is 0. The zero-order valence-electron chi connectivity index (χ0n) is 19.4. The molecule has 0 unspecified atom stereocenters. The van der Waals surface area contributed by atoms with Gasteiger partial charge in [-0.3, -0.25) is 9.59 Å². The lowest BCUT2D eigenvalue weighted by Crippen LogP contribution is -2.41. The number of carbonyl (C=O) groups excluding carboxylic acids is 2.